The summed E-state index contributed by atoms with van der Waals surface area (Å²) in [6.07, 6.45) is 2.51. The molecule has 0 saturated heterocycles. The number of para-hydroxylation sites is 1. The summed E-state index contributed by atoms with van der Waals surface area (Å²) in [4.78, 5) is 26.8. The molecule has 0 radical (unpaired) electrons. The average Bonchev–Trinajstić information content (AvgIpc) is 3.22. The lowest BCUT2D eigenvalue weighted by Crippen LogP contribution is -2.31. The molecule has 2 aromatic carbocycles. The normalized spacial score (nSPS) is 11.2. The molecule has 1 heterocycles. The van der Waals surface area contributed by atoms with Crippen LogP contribution in [0, 0.1) is 13.8 Å². The van der Waals surface area contributed by atoms with Gasteiger partial charge in [-0.15, -0.1) is 11.3 Å². The molecule has 3 rings (SSSR count). The van der Waals surface area contributed by atoms with E-state index in [1.54, 1.807) is 12.1 Å². The second kappa shape index (κ2) is 9.34. The predicted molar refractivity (Wildman–Crippen MR) is 120 cm³/mol. The van der Waals surface area contributed by atoms with Crippen molar-refractivity contribution in [2.24, 2.45) is 0 Å². The first-order chi connectivity index (χ1) is 14.0. The molecular weight excluding hydrogens is 380 g/mol. The lowest BCUT2D eigenvalue weighted by molar-refractivity contribution is -0.113. The van der Waals surface area contributed by atoms with Gasteiger partial charge in [-0.2, -0.15) is 0 Å². The number of nitrogens with one attached hydrogen (secondary N) is 2. The van der Waals surface area contributed by atoms with Crippen LogP contribution >= 0.6 is 11.3 Å². The molecule has 0 unspecified atom stereocenters. The van der Waals surface area contributed by atoms with E-state index in [4.69, 9.17) is 0 Å². The van der Waals surface area contributed by atoms with Crippen molar-refractivity contribution in [1.82, 2.24) is 5.32 Å². The maximum Gasteiger partial charge on any atom is 0.272 e. The summed E-state index contributed by atoms with van der Waals surface area (Å²) in [5, 5.41) is 7.73. The van der Waals surface area contributed by atoms with Crippen LogP contribution < -0.4 is 10.6 Å². The number of rotatable bonds is 6. The van der Waals surface area contributed by atoms with E-state index in [9.17, 15) is 9.59 Å². The molecule has 0 spiro atoms. The summed E-state index contributed by atoms with van der Waals surface area (Å²) in [6, 6.07) is 17.1. The fourth-order valence-electron chi connectivity index (χ4n) is 3.07. The van der Waals surface area contributed by atoms with Gasteiger partial charge < -0.3 is 10.6 Å². The summed E-state index contributed by atoms with van der Waals surface area (Å²) in [5.41, 5.74) is 4.45. The Morgan fingerprint density at radius 3 is 2.41 bits per heavy atom. The molecule has 4 nitrogen and oxygen atoms in total. The molecular formula is C24H24N2O2S. The van der Waals surface area contributed by atoms with Gasteiger partial charge in [-0.1, -0.05) is 49.4 Å². The Bertz CT molecular complexity index is 1050. The lowest BCUT2D eigenvalue weighted by atomic mass is 10.1. The van der Waals surface area contributed by atoms with Crippen molar-refractivity contribution in [2.45, 2.75) is 27.2 Å². The van der Waals surface area contributed by atoms with Gasteiger partial charge in [-0.25, -0.2) is 0 Å². The van der Waals surface area contributed by atoms with Gasteiger partial charge in [0.1, 0.15) is 5.70 Å². The number of thiophene rings is 1. The summed E-state index contributed by atoms with van der Waals surface area (Å²) < 4.78 is 0. The Hall–Kier alpha value is -3.18. The van der Waals surface area contributed by atoms with E-state index in [1.165, 1.54) is 11.3 Å². The van der Waals surface area contributed by atoms with Crippen molar-refractivity contribution < 1.29 is 9.59 Å². The van der Waals surface area contributed by atoms with Gasteiger partial charge in [-0.3, -0.25) is 9.59 Å². The van der Waals surface area contributed by atoms with E-state index in [0.29, 0.717) is 5.56 Å². The number of hydrogen-bond donors (Lipinski definition) is 2. The van der Waals surface area contributed by atoms with Gasteiger partial charge in [0.2, 0.25) is 0 Å². The van der Waals surface area contributed by atoms with Crippen LogP contribution in [0.15, 0.2) is 65.7 Å². The number of carbonyl (C=O) groups excluding carboxylic acids is 2. The minimum absolute atomic E-state index is 0.214. The summed E-state index contributed by atoms with van der Waals surface area (Å²) in [6.45, 7) is 5.88. The standard InChI is InChI=1S/C24H24N2O2S/c1-4-18-11-7-10-17(3)22(18)26-24(28)21(15-19-12-8-14-29-19)25-23(27)20-13-6-5-9-16(20)2/h5-15H,4H2,1-3H3,(H,25,27)(H,26,28)/b21-15-. The number of anilines is 1. The Morgan fingerprint density at radius 1 is 0.966 bits per heavy atom. The highest BCUT2D eigenvalue weighted by atomic mass is 32.1. The van der Waals surface area contributed by atoms with Crippen LogP contribution in [0.2, 0.25) is 0 Å². The SMILES string of the molecule is CCc1cccc(C)c1NC(=O)/C(=C/c1cccs1)NC(=O)c1ccccc1C. The van der Waals surface area contributed by atoms with Crippen LogP contribution in [0.4, 0.5) is 5.69 Å². The summed E-state index contributed by atoms with van der Waals surface area (Å²) in [5.74, 6) is -0.647. The molecule has 0 aliphatic heterocycles. The molecule has 3 aromatic rings. The van der Waals surface area contributed by atoms with E-state index in [-0.39, 0.29) is 17.5 Å². The zero-order valence-corrected chi connectivity index (χ0v) is 17.6. The molecule has 29 heavy (non-hydrogen) atoms. The van der Waals surface area contributed by atoms with Crippen molar-refractivity contribution in [3.63, 3.8) is 0 Å². The van der Waals surface area contributed by atoms with Crippen LogP contribution in [0.1, 0.15) is 38.8 Å². The number of hydrogen-bond acceptors (Lipinski definition) is 3. The second-order valence-corrected chi connectivity index (χ2v) is 7.74. The van der Waals surface area contributed by atoms with E-state index in [0.717, 1.165) is 33.7 Å². The van der Waals surface area contributed by atoms with Crippen LogP contribution in [0.3, 0.4) is 0 Å². The van der Waals surface area contributed by atoms with Crippen molar-refractivity contribution in [2.75, 3.05) is 5.32 Å². The van der Waals surface area contributed by atoms with Crippen LogP contribution in [-0.2, 0) is 11.2 Å². The Morgan fingerprint density at radius 2 is 1.72 bits per heavy atom. The molecule has 0 atom stereocenters. The van der Waals surface area contributed by atoms with Gasteiger partial charge >= 0.3 is 0 Å². The van der Waals surface area contributed by atoms with Crippen molar-refractivity contribution in [1.29, 1.82) is 0 Å². The zero-order valence-electron chi connectivity index (χ0n) is 16.8. The molecule has 0 aliphatic carbocycles. The van der Waals surface area contributed by atoms with E-state index in [1.807, 2.05) is 74.7 Å². The highest BCUT2D eigenvalue weighted by Gasteiger charge is 2.18. The minimum atomic E-state index is -0.343. The molecule has 2 N–H and O–H groups in total. The molecule has 0 bridgehead atoms. The maximum absolute atomic E-state index is 13.1. The number of benzene rings is 2. The molecule has 0 fully saturated rings. The van der Waals surface area contributed by atoms with Crippen LogP contribution in [-0.4, -0.2) is 11.8 Å². The van der Waals surface area contributed by atoms with Crippen LogP contribution in [0.5, 0.6) is 0 Å². The highest BCUT2D eigenvalue weighted by molar-refractivity contribution is 7.10. The van der Waals surface area contributed by atoms with E-state index < -0.39 is 0 Å². The number of amides is 2. The van der Waals surface area contributed by atoms with Crippen LogP contribution in [0.25, 0.3) is 6.08 Å². The maximum atomic E-state index is 13.1. The number of aryl methyl sites for hydroxylation is 3. The highest BCUT2D eigenvalue weighted by Crippen LogP contribution is 2.22. The Labute approximate surface area is 175 Å². The third-order valence-electron chi connectivity index (χ3n) is 4.69. The lowest BCUT2D eigenvalue weighted by Gasteiger charge is -2.15. The molecule has 2 amide bonds. The Balaban J connectivity index is 1.91. The quantitative estimate of drug-likeness (QED) is 0.545. The average molecular weight is 405 g/mol. The monoisotopic (exact) mass is 404 g/mol. The van der Waals surface area contributed by atoms with Crippen molar-refractivity contribution >= 4 is 34.9 Å². The first-order valence-electron chi connectivity index (χ1n) is 9.51. The molecule has 1 aromatic heterocycles. The smallest absolute Gasteiger partial charge is 0.272 e. The molecule has 0 aliphatic rings. The third-order valence-corrected chi connectivity index (χ3v) is 5.51. The molecule has 5 heteroatoms. The van der Waals surface area contributed by atoms with E-state index in [2.05, 4.69) is 10.6 Å². The topological polar surface area (TPSA) is 58.2 Å². The number of carbonyl (C=O) groups is 2. The Kier molecular flexibility index (Phi) is 6.62. The summed E-state index contributed by atoms with van der Waals surface area (Å²) >= 11 is 1.50. The third kappa shape index (κ3) is 5.00. The minimum Gasteiger partial charge on any atom is -0.320 e. The zero-order chi connectivity index (χ0) is 20.8. The first kappa shape index (κ1) is 20.6. The predicted octanol–water partition coefficient (Wildman–Crippen LogP) is 5.34. The fraction of sp³-hybridized carbons (Fsp3) is 0.167. The van der Waals surface area contributed by atoms with Gasteiger partial charge in [0.15, 0.2) is 0 Å². The van der Waals surface area contributed by atoms with Crippen molar-refractivity contribution in [3.05, 3.63) is 92.8 Å². The first-order valence-corrected chi connectivity index (χ1v) is 10.4. The fourth-order valence-corrected chi connectivity index (χ4v) is 3.73. The molecule has 148 valence electrons. The second-order valence-electron chi connectivity index (χ2n) is 6.76. The van der Waals surface area contributed by atoms with Gasteiger partial charge in [-0.05, 0) is 60.5 Å². The van der Waals surface area contributed by atoms with Gasteiger partial charge in [0.25, 0.3) is 11.8 Å². The van der Waals surface area contributed by atoms with Gasteiger partial charge in [0, 0.05) is 16.1 Å². The van der Waals surface area contributed by atoms with Crippen molar-refractivity contribution in [3.8, 4) is 0 Å². The molecule has 0 saturated carbocycles. The van der Waals surface area contributed by atoms with Gasteiger partial charge in [0.05, 0.1) is 0 Å². The van der Waals surface area contributed by atoms with E-state index >= 15 is 0 Å². The largest absolute Gasteiger partial charge is 0.320 e. The summed E-state index contributed by atoms with van der Waals surface area (Å²) in [7, 11) is 0.